The topological polar surface area (TPSA) is 216 Å². The summed E-state index contributed by atoms with van der Waals surface area (Å²) in [5.74, 6) is -6.48. The Bertz CT molecular complexity index is 852. The normalized spacial score (nSPS) is 34.9. The van der Waals surface area contributed by atoms with Crippen molar-refractivity contribution in [2.24, 2.45) is 0 Å². The van der Waals surface area contributed by atoms with E-state index >= 15 is 0 Å². The van der Waals surface area contributed by atoms with E-state index in [9.17, 15) is 45.6 Å². The Kier molecular flexibility index (Phi) is 16.8. The molecule has 0 aliphatic carbocycles. The molecule has 0 aromatic heterocycles. The minimum atomic E-state index is -2.96. The van der Waals surface area contributed by atoms with Gasteiger partial charge in [0, 0.05) is 6.42 Å². The van der Waals surface area contributed by atoms with Gasteiger partial charge in [0.25, 0.3) is 0 Å². The lowest BCUT2D eigenvalue weighted by atomic mass is 9.97. The zero-order valence-electron chi connectivity index (χ0n) is 25.1. The third-order valence-corrected chi connectivity index (χ3v) is 7.72. The Morgan fingerprint density at radius 2 is 1.30 bits per heavy atom. The summed E-state index contributed by atoms with van der Waals surface area (Å²) >= 11 is 0. The number of aliphatic hydroxyl groups excluding tert-OH is 8. The van der Waals surface area contributed by atoms with Crippen LogP contribution in [0, 0.1) is 0 Å². The van der Waals surface area contributed by atoms with Gasteiger partial charge in [0.1, 0.15) is 43.2 Å². The minimum absolute atomic E-state index is 0.147. The molecule has 1 unspecified atom stereocenters. The van der Waals surface area contributed by atoms with Crippen molar-refractivity contribution in [1.29, 1.82) is 0 Å². The zero-order chi connectivity index (χ0) is 31.9. The fourth-order valence-corrected chi connectivity index (χ4v) is 5.08. The molecular weight excluding hydrogens is 568 g/mol. The van der Waals surface area contributed by atoms with Gasteiger partial charge in [-0.15, -0.1) is 0 Å². The van der Waals surface area contributed by atoms with E-state index in [2.05, 4.69) is 31.2 Å². The molecule has 0 aromatic carbocycles. The summed E-state index contributed by atoms with van der Waals surface area (Å²) in [5.41, 5.74) is 0. The van der Waals surface area contributed by atoms with Gasteiger partial charge in [-0.05, 0) is 38.5 Å². The molecule has 0 spiro atoms. The van der Waals surface area contributed by atoms with Crippen LogP contribution in [-0.2, 0) is 23.7 Å². The molecule has 2 aliphatic rings. The van der Waals surface area contributed by atoms with Crippen LogP contribution in [0.1, 0.15) is 84.0 Å². The third-order valence-electron chi connectivity index (χ3n) is 7.72. The number of rotatable bonds is 20. The molecule has 0 radical (unpaired) electrons. The molecule has 0 saturated carbocycles. The second kappa shape index (κ2) is 19.1. The van der Waals surface area contributed by atoms with Gasteiger partial charge in [-0.25, -0.2) is 0 Å². The first-order chi connectivity index (χ1) is 20.6. The van der Waals surface area contributed by atoms with Crippen molar-refractivity contribution in [2.75, 3.05) is 19.8 Å². The Morgan fingerprint density at radius 3 is 1.88 bits per heavy atom. The van der Waals surface area contributed by atoms with Crippen LogP contribution < -0.4 is 0 Å². The van der Waals surface area contributed by atoms with E-state index in [1.54, 1.807) is 0 Å². The molecule has 13 heteroatoms. The maximum atomic E-state index is 12.8. The maximum absolute atomic E-state index is 12.8. The van der Waals surface area contributed by atoms with E-state index in [0.717, 1.165) is 38.5 Å². The van der Waals surface area contributed by atoms with Gasteiger partial charge in [-0.2, -0.15) is 0 Å². The predicted molar refractivity (Wildman–Crippen MR) is 153 cm³/mol. The van der Waals surface area contributed by atoms with Gasteiger partial charge >= 0.3 is 11.9 Å². The van der Waals surface area contributed by atoms with Crippen molar-refractivity contribution in [3.63, 3.8) is 0 Å². The van der Waals surface area contributed by atoms with Crippen molar-refractivity contribution in [2.45, 2.75) is 138 Å². The first-order valence-electron chi connectivity index (χ1n) is 15.4. The van der Waals surface area contributed by atoms with Gasteiger partial charge in [0.2, 0.25) is 5.79 Å². The second-order valence-electron chi connectivity index (χ2n) is 11.2. The Balaban J connectivity index is 1.90. The summed E-state index contributed by atoms with van der Waals surface area (Å²) < 4.78 is 21.6. The lowest BCUT2D eigenvalue weighted by Gasteiger charge is -2.49. The molecule has 0 amide bonds. The lowest BCUT2D eigenvalue weighted by molar-refractivity contribution is -0.498. The number of aliphatic hydroxyl groups is 8. The first kappa shape index (κ1) is 37.7. The SMILES string of the molecule is CCCCC/C=C/C/C=C/CCCCCCCC(=O)O[C@@]1(OC2(CO)O[C@H](CO)[C@@H](O)[C@@H]2O)O[C@H](CO)[C@@H](O)[C@H](O)[C@H]1O. The smallest absolute Gasteiger partial charge is 0.362 e. The third kappa shape index (κ3) is 10.5. The fourth-order valence-electron chi connectivity index (χ4n) is 5.08. The standard InChI is InChI=1S/C30H52O13/c1-2-3-4-5-6-7-8-9-10-11-12-13-14-15-16-17-23(34)42-30(28(39)26(37)24(35)21(18-31)41-30)43-29(20-33)27(38)25(36)22(19-32)40-29/h6-7,9-10,21-22,24-28,31-33,35-39H,2-5,8,11-20H2,1H3/b7-6+,10-9+/t21-,22-,24-,25-,26+,27+,28-,29?,30+/m1/s1. The summed E-state index contributed by atoms with van der Waals surface area (Å²) in [6.45, 7) is -0.649. The van der Waals surface area contributed by atoms with Crippen molar-refractivity contribution in [3.05, 3.63) is 24.3 Å². The highest BCUT2D eigenvalue weighted by Crippen LogP contribution is 2.41. The van der Waals surface area contributed by atoms with Crippen LogP contribution in [0.3, 0.4) is 0 Å². The number of carbonyl (C=O) groups excluding carboxylic acids is 1. The molecule has 43 heavy (non-hydrogen) atoms. The van der Waals surface area contributed by atoms with Crippen molar-refractivity contribution in [1.82, 2.24) is 0 Å². The molecule has 9 atom stereocenters. The molecule has 13 nitrogen and oxygen atoms in total. The molecular formula is C30H52O13. The molecule has 8 N–H and O–H groups in total. The number of esters is 1. The number of allylic oxidation sites excluding steroid dienone is 4. The zero-order valence-corrected chi connectivity index (χ0v) is 25.1. The van der Waals surface area contributed by atoms with E-state index in [1.165, 1.54) is 19.3 Å². The molecule has 250 valence electrons. The summed E-state index contributed by atoms with van der Waals surface area (Å²) in [6.07, 6.45) is 6.32. The number of hydrogen-bond acceptors (Lipinski definition) is 13. The second-order valence-corrected chi connectivity index (χ2v) is 11.2. The average molecular weight is 621 g/mol. The van der Waals surface area contributed by atoms with E-state index in [4.69, 9.17) is 18.9 Å². The number of unbranched alkanes of at least 4 members (excludes halogenated alkanes) is 8. The Hall–Kier alpha value is -1.49. The molecule has 2 saturated heterocycles. The maximum Gasteiger partial charge on any atom is 0.362 e. The Morgan fingerprint density at radius 1 is 0.721 bits per heavy atom. The van der Waals surface area contributed by atoms with E-state index in [1.807, 2.05) is 0 Å². The van der Waals surface area contributed by atoms with E-state index in [-0.39, 0.29) is 6.42 Å². The van der Waals surface area contributed by atoms with Crippen molar-refractivity contribution >= 4 is 5.97 Å². The predicted octanol–water partition coefficient (Wildman–Crippen LogP) is 0.289. The lowest BCUT2D eigenvalue weighted by Crippen LogP contribution is -2.70. The van der Waals surface area contributed by atoms with Crippen LogP contribution in [0.25, 0.3) is 0 Å². The number of ether oxygens (including phenoxy) is 4. The summed E-state index contributed by atoms with van der Waals surface area (Å²) in [7, 11) is 0. The molecule has 2 heterocycles. The van der Waals surface area contributed by atoms with E-state index < -0.39 is 80.3 Å². The van der Waals surface area contributed by atoms with E-state index in [0.29, 0.717) is 12.8 Å². The largest absolute Gasteiger partial charge is 0.405 e. The van der Waals surface area contributed by atoms with Crippen LogP contribution in [0.2, 0.25) is 0 Å². The van der Waals surface area contributed by atoms with Gasteiger partial charge in [0.15, 0.2) is 6.10 Å². The highest BCUT2D eigenvalue weighted by Gasteiger charge is 2.65. The van der Waals surface area contributed by atoms with Crippen LogP contribution >= 0.6 is 0 Å². The quantitative estimate of drug-likeness (QED) is 0.0398. The molecule has 0 bridgehead atoms. The molecule has 2 fully saturated rings. The Labute approximate surface area is 253 Å². The average Bonchev–Trinajstić information content (AvgIpc) is 3.24. The first-order valence-corrected chi connectivity index (χ1v) is 15.4. The molecule has 2 aliphatic heterocycles. The van der Waals surface area contributed by atoms with Crippen LogP contribution in [-0.4, -0.2) is 121 Å². The van der Waals surface area contributed by atoms with Gasteiger partial charge in [-0.3, -0.25) is 9.53 Å². The fraction of sp³-hybridized carbons (Fsp3) is 0.833. The van der Waals surface area contributed by atoms with Crippen molar-refractivity contribution in [3.8, 4) is 0 Å². The van der Waals surface area contributed by atoms with Gasteiger partial charge in [-0.1, -0.05) is 63.3 Å². The van der Waals surface area contributed by atoms with Crippen LogP contribution in [0.5, 0.6) is 0 Å². The minimum Gasteiger partial charge on any atom is -0.405 e. The highest BCUT2D eigenvalue weighted by molar-refractivity contribution is 5.69. The number of hydrogen-bond donors (Lipinski definition) is 8. The monoisotopic (exact) mass is 620 g/mol. The summed E-state index contributed by atoms with van der Waals surface area (Å²) in [5, 5.41) is 81.3. The molecule has 0 aromatic rings. The van der Waals surface area contributed by atoms with Crippen molar-refractivity contribution < 1.29 is 64.6 Å². The molecule has 2 rings (SSSR count). The summed E-state index contributed by atoms with van der Waals surface area (Å²) in [6, 6.07) is 0. The van der Waals surface area contributed by atoms with Gasteiger partial charge < -0.3 is 55.1 Å². The highest BCUT2D eigenvalue weighted by atomic mass is 16.9. The van der Waals surface area contributed by atoms with Crippen LogP contribution in [0.15, 0.2) is 24.3 Å². The summed E-state index contributed by atoms with van der Waals surface area (Å²) in [4.78, 5) is 12.8. The van der Waals surface area contributed by atoms with Gasteiger partial charge in [0.05, 0.1) is 13.2 Å². The number of carbonyl (C=O) groups is 1. The van der Waals surface area contributed by atoms with Crippen LogP contribution in [0.4, 0.5) is 0 Å².